The number of anilines is 1. The van der Waals surface area contributed by atoms with Gasteiger partial charge in [0.1, 0.15) is 16.5 Å². The number of para-hydroxylation sites is 2. The molecule has 7 heteroatoms. The molecule has 0 aliphatic heterocycles. The van der Waals surface area contributed by atoms with Crippen molar-refractivity contribution in [3.8, 4) is 16.3 Å². The summed E-state index contributed by atoms with van der Waals surface area (Å²) < 4.78 is 7.46. The van der Waals surface area contributed by atoms with E-state index in [4.69, 9.17) is 4.74 Å². The van der Waals surface area contributed by atoms with Gasteiger partial charge in [-0.05, 0) is 18.6 Å². The molecule has 25 heavy (non-hydrogen) atoms. The van der Waals surface area contributed by atoms with Crippen molar-refractivity contribution in [1.82, 2.24) is 14.8 Å². The van der Waals surface area contributed by atoms with Crippen LogP contribution in [0.15, 0.2) is 42.0 Å². The number of amides is 1. The summed E-state index contributed by atoms with van der Waals surface area (Å²) in [6, 6.07) is 7.44. The number of benzene rings is 1. The molecule has 0 fully saturated rings. The average molecular weight is 356 g/mol. The smallest absolute Gasteiger partial charge is 0.275 e. The predicted octanol–water partition coefficient (Wildman–Crippen LogP) is 3.97. The maximum atomic E-state index is 12.5. The van der Waals surface area contributed by atoms with E-state index >= 15 is 0 Å². The minimum atomic E-state index is -0.252. The van der Waals surface area contributed by atoms with Crippen LogP contribution in [0, 0.1) is 0 Å². The quantitative estimate of drug-likeness (QED) is 0.650. The number of carbonyl (C=O) groups is 1. The van der Waals surface area contributed by atoms with Crippen LogP contribution < -0.4 is 10.1 Å². The van der Waals surface area contributed by atoms with Crippen molar-refractivity contribution in [2.24, 2.45) is 7.05 Å². The second-order valence-corrected chi connectivity index (χ2v) is 6.45. The standard InChI is InChI=1S/C18H20N4O2S/c1-3-4-9-24-16-8-6-5-7-14(16)20-17(23)15-12-25-18(21-15)13-10-19-22(2)11-13/h5-8,10-12H,3-4,9H2,1-2H3,(H,20,23). The molecule has 0 atom stereocenters. The zero-order valence-electron chi connectivity index (χ0n) is 14.2. The van der Waals surface area contributed by atoms with Gasteiger partial charge in [0, 0.05) is 24.2 Å². The van der Waals surface area contributed by atoms with Crippen molar-refractivity contribution in [2.75, 3.05) is 11.9 Å². The Labute approximate surface area is 150 Å². The molecular formula is C18H20N4O2S. The Morgan fingerprint density at radius 2 is 2.20 bits per heavy atom. The highest BCUT2D eigenvalue weighted by molar-refractivity contribution is 7.13. The highest BCUT2D eigenvalue weighted by Crippen LogP contribution is 2.26. The van der Waals surface area contributed by atoms with Gasteiger partial charge in [0.15, 0.2) is 0 Å². The Bertz CT molecular complexity index is 856. The molecule has 0 bridgehead atoms. The van der Waals surface area contributed by atoms with Crippen molar-refractivity contribution in [1.29, 1.82) is 0 Å². The normalized spacial score (nSPS) is 10.6. The Kier molecular flexibility index (Phi) is 5.45. The van der Waals surface area contributed by atoms with Gasteiger partial charge in [-0.3, -0.25) is 9.48 Å². The minimum absolute atomic E-state index is 0.252. The molecule has 0 aliphatic rings. The number of nitrogens with one attached hydrogen (secondary N) is 1. The van der Waals surface area contributed by atoms with Crippen LogP contribution in [-0.4, -0.2) is 27.3 Å². The first-order valence-corrected chi connectivity index (χ1v) is 9.03. The molecule has 2 heterocycles. The fraction of sp³-hybridized carbons (Fsp3) is 0.278. The summed E-state index contributed by atoms with van der Waals surface area (Å²) in [7, 11) is 1.85. The molecule has 3 aromatic rings. The highest BCUT2D eigenvalue weighted by atomic mass is 32.1. The molecule has 6 nitrogen and oxygen atoms in total. The molecule has 2 aromatic heterocycles. The molecule has 0 saturated heterocycles. The maximum Gasteiger partial charge on any atom is 0.275 e. The van der Waals surface area contributed by atoms with Crippen LogP contribution in [0.4, 0.5) is 5.69 Å². The van der Waals surface area contributed by atoms with Crippen LogP contribution in [0.5, 0.6) is 5.75 Å². The number of hydrogen-bond acceptors (Lipinski definition) is 5. The van der Waals surface area contributed by atoms with E-state index < -0.39 is 0 Å². The molecule has 0 saturated carbocycles. The molecule has 1 amide bonds. The lowest BCUT2D eigenvalue weighted by molar-refractivity contribution is 0.102. The molecule has 0 radical (unpaired) electrons. The summed E-state index contributed by atoms with van der Waals surface area (Å²) in [5, 5.41) is 9.53. The van der Waals surface area contributed by atoms with Crippen LogP contribution in [0.1, 0.15) is 30.3 Å². The van der Waals surface area contributed by atoms with Gasteiger partial charge in [-0.15, -0.1) is 11.3 Å². The Hall–Kier alpha value is -2.67. The fourth-order valence-electron chi connectivity index (χ4n) is 2.25. The van der Waals surface area contributed by atoms with Crippen LogP contribution in [0.3, 0.4) is 0 Å². The number of thiazole rings is 1. The molecular weight excluding hydrogens is 336 g/mol. The summed E-state index contributed by atoms with van der Waals surface area (Å²) >= 11 is 1.42. The maximum absolute atomic E-state index is 12.5. The van der Waals surface area contributed by atoms with Crippen molar-refractivity contribution in [2.45, 2.75) is 19.8 Å². The lowest BCUT2D eigenvalue weighted by Crippen LogP contribution is -2.13. The Morgan fingerprint density at radius 3 is 2.96 bits per heavy atom. The topological polar surface area (TPSA) is 69.0 Å². The predicted molar refractivity (Wildman–Crippen MR) is 99.1 cm³/mol. The van der Waals surface area contributed by atoms with Crippen LogP contribution in [-0.2, 0) is 7.05 Å². The first kappa shape index (κ1) is 17.2. The number of nitrogens with zero attached hydrogens (tertiary/aromatic N) is 3. The molecule has 1 aromatic carbocycles. The van der Waals surface area contributed by atoms with Gasteiger partial charge in [-0.1, -0.05) is 25.5 Å². The summed E-state index contributed by atoms with van der Waals surface area (Å²) in [5.41, 5.74) is 1.93. The third-order valence-corrected chi connectivity index (χ3v) is 4.47. The van der Waals surface area contributed by atoms with E-state index in [1.165, 1.54) is 11.3 Å². The largest absolute Gasteiger partial charge is 0.491 e. The summed E-state index contributed by atoms with van der Waals surface area (Å²) in [4.78, 5) is 16.9. The van der Waals surface area contributed by atoms with E-state index in [0.29, 0.717) is 23.7 Å². The van der Waals surface area contributed by atoms with Gasteiger partial charge in [0.2, 0.25) is 0 Å². The first-order valence-electron chi connectivity index (χ1n) is 8.15. The number of ether oxygens (including phenoxy) is 1. The number of hydrogen-bond donors (Lipinski definition) is 1. The second kappa shape index (κ2) is 7.94. The SMILES string of the molecule is CCCCOc1ccccc1NC(=O)c1csc(-c2cnn(C)c2)n1. The van der Waals surface area contributed by atoms with Crippen LogP contribution in [0.25, 0.3) is 10.6 Å². The van der Waals surface area contributed by atoms with Crippen LogP contribution >= 0.6 is 11.3 Å². The Balaban J connectivity index is 1.71. The summed E-state index contributed by atoms with van der Waals surface area (Å²) in [5.74, 6) is 0.421. The Morgan fingerprint density at radius 1 is 1.36 bits per heavy atom. The van der Waals surface area contributed by atoms with E-state index in [1.54, 1.807) is 16.3 Å². The number of aromatic nitrogens is 3. The number of unbranched alkanes of at least 4 members (excludes halogenated alkanes) is 1. The summed E-state index contributed by atoms with van der Waals surface area (Å²) in [6.07, 6.45) is 5.64. The third kappa shape index (κ3) is 4.24. The molecule has 0 aliphatic carbocycles. The fourth-order valence-corrected chi connectivity index (χ4v) is 3.03. The van der Waals surface area contributed by atoms with Gasteiger partial charge in [-0.2, -0.15) is 5.10 Å². The minimum Gasteiger partial charge on any atom is -0.491 e. The number of carbonyl (C=O) groups excluding carboxylic acids is 1. The van der Waals surface area contributed by atoms with Crippen LogP contribution in [0.2, 0.25) is 0 Å². The number of aryl methyl sites for hydroxylation is 1. The average Bonchev–Trinajstić information content (AvgIpc) is 3.25. The molecule has 3 rings (SSSR count). The zero-order valence-corrected chi connectivity index (χ0v) is 15.0. The van der Waals surface area contributed by atoms with Gasteiger partial charge < -0.3 is 10.1 Å². The molecule has 1 N–H and O–H groups in total. The number of rotatable bonds is 7. The van der Waals surface area contributed by atoms with E-state index in [-0.39, 0.29) is 5.91 Å². The highest BCUT2D eigenvalue weighted by Gasteiger charge is 2.14. The second-order valence-electron chi connectivity index (χ2n) is 5.59. The van der Waals surface area contributed by atoms with E-state index in [0.717, 1.165) is 23.4 Å². The van der Waals surface area contributed by atoms with Crippen molar-refractivity contribution in [3.63, 3.8) is 0 Å². The molecule has 0 spiro atoms. The monoisotopic (exact) mass is 356 g/mol. The van der Waals surface area contributed by atoms with Gasteiger partial charge >= 0.3 is 0 Å². The lowest BCUT2D eigenvalue weighted by Gasteiger charge is -2.11. The van der Waals surface area contributed by atoms with Gasteiger partial charge in [-0.25, -0.2) is 4.98 Å². The third-order valence-electron chi connectivity index (χ3n) is 3.58. The van der Waals surface area contributed by atoms with Gasteiger partial charge in [0.05, 0.1) is 18.5 Å². The molecule has 130 valence electrons. The van der Waals surface area contributed by atoms with Crippen molar-refractivity contribution < 1.29 is 9.53 Å². The summed E-state index contributed by atoms with van der Waals surface area (Å²) in [6.45, 7) is 2.74. The van der Waals surface area contributed by atoms with E-state index in [2.05, 4.69) is 22.3 Å². The van der Waals surface area contributed by atoms with Crippen molar-refractivity contribution in [3.05, 3.63) is 47.7 Å². The zero-order chi connectivity index (χ0) is 17.6. The van der Waals surface area contributed by atoms with Gasteiger partial charge in [0.25, 0.3) is 5.91 Å². The lowest BCUT2D eigenvalue weighted by atomic mass is 10.2. The molecule has 0 unspecified atom stereocenters. The first-order chi connectivity index (χ1) is 12.2. The van der Waals surface area contributed by atoms with Crippen molar-refractivity contribution >= 4 is 22.9 Å². The van der Waals surface area contributed by atoms with E-state index in [9.17, 15) is 4.79 Å². The van der Waals surface area contributed by atoms with E-state index in [1.807, 2.05) is 37.5 Å².